The van der Waals surface area contributed by atoms with E-state index in [1.165, 1.54) is 11.8 Å². The van der Waals surface area contributed by atoms with E-state index < -0.39 is 12.5 Å². The fourth-order valence-electron chi connectivity index (χ4n) is 1.64. The van der Waals surface area contributed by atoms with E-state index in [2.05, 4.69) is 20.5 Å². The third kappa shape index (κ3) is 2.28. The van der Waals surface area contributed by atoms with Crippen molar-refractivity contribution in [2.24, 2.45) is 0 Å². The Hall–Kier alpha value is -1.12. The van der Waals surface area contributed by atoms with E-state index in [0.29, 0.717) is 23.4 Å². The number of nitrogens with one attached hydrogen (secondary N) is 1. The summed E-state index contributed by atoms with van der Waals surface area (Å²) in [5, 5.41) is 21.4. The van der Waals surface area contributed by atoms with Gasteiger partial charge in [0.15, 0.2) is 24.1 Å². The van der Waals surface area contributed by atoms with Crippen LogP contribution < -0.4 is 10.2 Å². The zero-order chi connectivity index (χ0) is 12.4. The lowest BCUT2D eigenvalue weighted by Gasteiger charge is -2.37. The first-order valence-corrected chi connectivity index (χ1v) is 6.47. The number of anilines is 2. The summed E-state index contributed by atoms with van der Waals surface area (Å²) in [7, 11) is 1.79. The molecule has 1 aromatic rings. The summed E-state index contributed by atoms with van der Waals surface area (Å²) in [6.07, 6.45) is 0.553. The molecule has 17 heavy (non-hydrogen) atoms. The predicted molar refractivity (Wildman–Crippen MR) is 65.1 cm³/mol. The molecule has 0 amide bonds. The Morgan fingerprint density at radius 2 is 2.29 bits per heavy atom. The van der Waals surface area contributed by atoms with Crippen LogP contribution in [-0.4, -0.2) is 52.7 Å². The van der Waals surface area contributed by atoms with Gasteiger partial charge in [-0.2, -0.15) is 4.98 Å². The lowest BCUT2D eigenvalue weighted by Crippen LogP contribution is -2.51. The lowest BCUT2D eigenvalue weighted by atomic mass is 10.3. The number of likely N-dealkylation sites (N-methyl/N-ethyl adjacent to an activating group) is 1. The number of nitrogens with zero attached hydrogens (tertiary/aromatic N) is 4. The minimum atomic E-state index is -0.834. The summed E-state index contributed by atoms with van der Waals surface area (Å²) in [5.74, 6) is 1.10. The van der Waals surface area contributed by atoms with Gasteiger partial charge in [-0.3, -0.25) is 0 Å². The van der Waals surface area contributed by atoms with Crippen molar-refractivity contribution in [1.29, 1.82) is 0 Å². The van der Waals surface area contributed by atoms with Crippen molar-refractivity contribution in [2.45, 2.75) is 24.5 Å². The predicted octanol–water partition coefficient (Wildman–Crippen LogP) is 0.136. The summed E-state index contributed by atoms with van der Waals surface area (Å²) < 4.78 is 5.43. The molecule has 0 spiro atoms. The van der Waals surface area contributed by atoms with Crippen molar-refractivity contribution in [3.8, 4) is 0 Å². The smallest absolute Gasteiger partial charge is 0.210 e. The van der Waals surface area contributed by atoms with Gasteiger partial charge in [0, 0.05) is 13.7 Å². The number of aromatic nitrogens is 3. The molecule has 0 aliphatic carbocycles. The van der Waals surface area contributed by atoms with E-state index in [-0.39, 0.29) is 0 Å². The van der Waals surface area contributed by atoms with Crippen LogP contribution in [0.1, 0.15) is 6.92 Å². The number of hydrogen-bond acceptors (Lipinski definition) is 8. The molecule has 7 nitrogen and oxygen atoms in total. The molecule has 2 atom stereocenters. The highest BCUT2D eigenvalue weighted by molar-refractivity contribution is 7.98. The average molecular weight is 257 g/mol. The summed E-state index contributed by atoms with van der Waals surface area (Å²) >= 11 is 1.40. The van der Waals surface area contributed by atoms with Crippen molar-refractivity contribution in [3.05, 3.63) is 0 Å². The standard InChI is InChI=1S/C9H15N5O2S/c1-4-16-8-7(15)10-5-6(14(8)2)12-13-9(11-5)17-3/h7-8,15H,4H2,1-3H3,(H,10,11,13)/t7-,8-/m0/s1. The van der Waals surface area contributed by atoms with E-state index in [1.54, 1.807) is 11.9 Å². The number of aliphatic hydroxyl groups is 1. The van der Waals surface area contributed by atoms with Crippen LogP contribution in [0.5, 0.6) is 0 Å². The van der Waals surface area contributed by atoms with E-state index in [4.69, 9.17) is 4.74 Å². The monoisotopic (exact) mass is 257 g/mol. The van der Waals surface area contributed by atoms with Crippen LogP contribution in [0.2, 0.25) is 0 Å². The van der Waals surface area contributed by atoms with Crippen molar-refractivity contribution in [2.75, 3.05) is 30.1 Å². The first kappa shape index (κ1) is 12.3. The van der Waals surface area contributed by atoms with Crippen LogP contribution in [0.15, 0.2) is 5.16 Å². The van der Waals surface area contributed by atoms with Gasteiger partial charge in [0.1, 0.15) is 0 Å². The van der Waals surface area contributed by atoms with Crippen LogP contribution in [0, 0.1) is 0 Å². The van der Waals surface area contributed by atoms with Crippen molar-refractivity contribution < 1.29 is 9.84 Å². The number of ether oxygens (including phenoxy) is 1. The maximum absolute atomic E-state index is 9.91. The molecule has 0 unspecified atom stereocenters. The van der Waals surface area contributed by atoms with Crippen LogP contribution in [0.3, 0.4) is 0 Å². The number of aliphatic hydroxyl groups excluding tert-OH is 1. The summed E-state index contributed by atoms with van der Waals surface area (Å²) in [4.78, 5) is 5.97. The zero-order valence-corrected chi connectivity index (χ0v) is 10.7. The molecular formula is C9H15N5O2S. The summed E-state index contributed by atoms with van der Waals surface area (Å²) in [6, 6.07) is 0. The minimum absolute atomic E-state index is 0.483. The van der Waals surface area contributed by atoms with Crippen molar-refractivity contribution >= 4 is 23.4 Å². The highest BCUT2D eigenvalue weighted by Gasteiger charge is 2.33. The Kier molecular flexibility index (Phi) is 3.65. The van der Waals surface area contributed by atoms with Gasteiger partial charge in [0.2, 0.25) is 5.16 Å². The fourth-order valence-corrected chi connectivity index (χ4v) is 1.95. The molecule has 0 saturated carbocycles. The van der Waals surface area contributed by atoms with Gasteiger partial charge in [-0.15, -0.1) is 10.2 Å². The molecular weight excluding hydrogens is 242 g/mol. The van der Waals surface area contributed by atoms with Gasteiger partial charge >= 0.3 is 0 Å². The highest BCUT2D eigenvalue weighted by atomic mass is 32.2. The average Bonchev–Trinajstić information content (AvgIpc) is 2.33. The molecule has 8 heteroatoms. The third-order valence-corrected chi connectivity index (χ3v) is 2.98. The van der Waals surface area contributed by atoms with E-state index in [9.17, 15) is 5.11 Å². The van der Waals surface area contributed by atoms with Gasteiger partial charge in [-0.1, -0.05) is 11.8 Å². The normalized spacial score (nSPS) is 23.2. The molecule has 0 bridgehead atoms. The second kappa shape index (κ2) is 5.03. The van der Waals surface area contributed by atoms with E-state index >= 15 is 0 Å². The molecule has 0 fully saturated rings. The fraction of sp³-hybridized carbons (Fsp3) is 0.667. The second-order valence-electron chi connectivity index (χ2n) is 3.52. The Bertz CT molecular complexity index is 405. The molecule has 1 aliphatic rings. The van der Waals surface area contributed by atoms with Crippen LogP contribution in [-0.2, 0) is 4.74 Å². The van der Waals surface area contributed by atoms with Gasteiger partial charge < -0.3 is 20.1 Å². The molecule has 2 N–H and O–H groups in total. The third-order valence-electron chi connectivity index (χ3n) is 2.44. The Balaban J connectivity index is 2.31. The lowest BCUT2D eigenvalue weighted by molar-refractivity contribution is -0.0221. The van der Waals surface area contributed by atoms with Gasteiger partial charge in [-0.05, 0) is 13.2 Å². The quantitative estimate of drug-likeness (QED) is 0.740. The Labute approximate surface area is 104 Å². The van der Waals surface area contributed by atoms with Crippen molar-refractivity contribution in [3.63, 3.8) is 0 Å². The minimum Gasteiger partial charge on any atom is -0.369 e. The van der Waals surface area contributed by atoms with Crippen LogP contribution in [0.25, 0.3) is 0 Å². The molecule has 0 saturated heterocycles. The van der Waals surface area contributed by atoms with Gasteiger partial charge in [0.25, 0.3) is 0 Å². The summed E-state index contributed by atoms with van der Waals surface area (Å²) in [5.41, 5.74) is 0. The van der Waals surface area contributed by atoms with Crippen molar-refractivity contribution in [1.82, 2.24) is 15.2 Å². The molecule has 2 heterocycles. The maximum atomic E-state index is 9.91. The maximum Gasteiger partial charge on any atom is 0.210 e. The largest absolute Gasteiger partial charge is 0.369 e. The molecule has 0 aromatic carbocycles. The highest BCUT2D eigenvalue weighted by Crippen LogP contribution is 2.29. The van der Waals surface area contributed by atoms with E-state index in [0.717, 1.165) is 0 Å². The first-order valence-electron chi connectivity index (χ1n) is 5.25. The molecule has 2 rings (SSSR count). The first-order chi connectivity index (χ1) is 8.17. The molecule has 1 aliphatic heterocycles. The second-order valence-corrected chi connectivity index (χ2v) is 4.29. The van der Waals surface area contributed by atoms with Crippen LogP contribution >= 0.6 is 11.8 Å². The Morgan fingerprint density at radius 1 is 1.53 bits per heavy atom. The topological polar surface area (TPSA) is 83.4 Å². The van der Waals surface area contributed by atoms with Gasteiger partial charge in [-0.25, -0.2) is 0 Å². The van der Waals surface area contributed by atoms with Gasteiger partial charge in [0.05, 0.1) is 0 Å². The number of hydrogen-bond donors (Lipinski definition) is 2. The molecule has 0 radical (unpaired) electrons. The Morgan fingerprint density at radius 3 is 2.94 bits per heavy atom. The van der Waals surface area contributed by atoms with Crippen LogP contribution in [0.4, 0.5) is 11.6 Å². The van der Waals surface area contributed by atoms with E-state index in [1.807, 2.05) is 13.2 Å². The summed E-state index contributed by atoms with van der Waals surface area (Å²) in [6.45, 7) is 2.38. The number of rotatable bonds is 3. The number of fused-ring (bicyclic) bond motifs is 1. The zero-order valence-electron chi connectivity index (χ0n) is 9.91. The molecule has 1 aromatic heterocycles. The molecule has 94 valence electrons. The SMILES string of the molecule is CCO[C@H]1[C@H](O)Nc2nc(SC)nnc2N1C. The number of thioether (sulfide) groups is 1.